The molecule has 3 heterocycles. The lowest BCUT2D eigenvalue weighted by Crippen LogP contribution is -2.28. The zero-order valence-electron chi connectivity index (χ0n) is 17.2. The van der Waals surface area contributed by atoms with Crippen molar-refractivity contribution < 1.29 is 18.9 Å². The predicted octanol–water partition coefficient (Wildman–Crippen LogP) is 3.83. The normalized spacial score (nSPS) is 12.4. The third-order valence-corrected chi connectivity index (χ3v) is 5.37. The van der Waals surface area contributed by atoms with Crippen molar-refractivity contribution in [2.24, 2.45) is 0 Å². The first-order valence-electron chi connectivity index (χ1n) is 10.1. The summed E-state index contributed by atoms with van der Waals surface area (Å²) in [6.45, 7) is 0.546. The van der Waals surface area contributed by atoms with Gasteiger partial charge in [0.2, 0.25) is 0 Å². The van der Waals surface area contributed by atoms with Gasteiger partial charge in [0.15, 0.2) is 5.69 Å². The van der Waals surface area contributed by atoms with E-state index in [2.05, 4.69) is 10.4 Å². The predicted molar refractivity (Wildman–Crippen MR) is 119 cm³/mol. The lowest BCUT2D eigenvalue weighted by molar-refractivity contribution is -0.384. The van der Waals surface area contributed by atoms with E-state index in [-0.39, 0.29) is 17.3 Å². The highest BCUT2D eigenvalue weighted by Gasteiger charge is 2.26. The molecule has 0 aliphatic carbocycles. The van der Waals surface area contributed by atoms with Crippen LogP contribution in [-0.4, -0.2) is 33.1 Å². The molecule has 10 heteroatoms. The smallest absolute Gasteiger partial charge is 0.276 e. The summed E-state index contributed by atoms with van der Waals surface area (Å²) in [5.41, 5.74) is 3.40. The van der Waals surface area contributed by atoms with Gasteiger partial charge in [0, 0.05) is 36.2 Å². The lowest BCUT2D eigenvalue weighted by Gasteiger charge is -2.16. The number of hydrogen-bond donors (Lipinski definition) is 1. The maximum absolute atomic E-state index is 12.7. The van der Waals surface area contributed by atoms with Crippen molar-refractivity contribution in [1.82, 2.24) is 9.78 Å². The minimum atomic E-state index is -0.488. The number of rotatable bonds is 5. The van der Waals surface area contributed by atoms with Crippen LogP contribution in [0, 0.1) is 10.1 Å². The van der Waals surface area contributed by atoms with Gasteiger partial charge in [-0.1, -0.05) is 6.07 Å². The van der Waals surface area contributed by atoms with Crippen LogP contribution in [0.4, 0.5) is 17.1 Å². The molecule has 10 nitrogen and oxygen atoms in total. The van der Waals surface area contributed by atoms with Gasteiger partial charge in [0.05, 0.1) is 22.4 Å². The molecule has 0 atom stereocenters. The molecule has 0 saturated heterocycles. The molecule has 164 valence electrons. The first-order chi connectivity index (χ1) is 16.0. The van der Waals surface area contributed by atoms with Crippen LogP contribution in [0.25, 0.3) is 5.69 Å². The summed E-state index contributed by atoms with van der Waals surface area (Å²) in [6.07, 6.45) is 5.12. The molecule has 0 bridgehead atoms. The number of anilines is 2. The van der Waals surface area contributed by atoms with Gasteiger partial charge in [-0.3, -0.25) is 19.7 Å². The number of fused-ring (bicyclic) bond motifs is 1. The summed E-state index contributed by atoms with van der Waals surface area (Å²) in [5.74, 6) is -0.547. The van der Waals surface area contributed by atoms with Crippen molar-refractivity contribution >= 4 is 28.9 Å². The standard InChI is InChI=1S/C23H17N5O5/c29-22(20-7-10-27(25-20)18-2-1-3-19(13-18)28(31)32)24-17-4-5-21-15(12-17)6-9-26(21)23(30)16-8-11-33-14-16/h1-5,7-8,10-14H,6,9H2,(H,24,29). The van der Waals surface area contributed by atoms with Crippen molar-refractivity contribution in [3.05, 3.63) is 100 Å². The van der Waals surface area contributed by atoms with Crippen LogP contribution in [0.15, 0.2) is 77.7 Å². The van der Waals surface area contributed by atoms with E-state index in [1.54, 1.807) is 41.4 Å². The topological polar surface area (TPSA) is 124 Å². The Kier molecular flexibility index (Phi) is 4.94. The molecule has 5 rings (SSSR count). The van der Waals surface area contributed by atoms with Gasteiger partial charge < -0.3 is 14.6 Å². The van der Waals surface area contributed by atoms with Gasteiger partial charge >= 0.3 is 0 Å². The molecule has 2 amide bonds. The third kappa shape index (κ3) is 3.85. The Hall–Kier alpha value is -4.73. The quantitative estimate of drug-likeness (QED) is 0.369. The molecule has 0 radical (unpaired) electrons. The van der Waals surface area contributed by atoms with Crippen LogP contribution in [0.2, 0.25) is 0 Å². The molecule has 1 aliphatic heterocycles. The fourth-order valence-electron chi connectivity index (χ4n) is 3.77. The highest BCUT2D eigenvalue weighted by molar-refractivity contribution is 6.07. The minimum Gasteiger partial charge on any atom is -0.472 e. The van der Waals surface area contributed by atoms with Gasteiger partial charge in [-0.15, -0.1) is 0 Å². The molecule has 1 aliphatic rings. The average molecular weight is 443 g/mol. The highest BCUT2D eigenvalue weighted by atomic mass is 16.6. The van der Waals surface area contributed by atoms with Crippen molar-refractivity contribution in [2.75, 3.05) is 16.8 Å². The first-order valence-corrected chi connectivity index (χ1v) is 10.1. The summed E-state index contributed by atoms with van der Waals surface area (Å²) in [5, 5.41) is 18.0. The Morgan fingerprint density at radius 1 is 1.12 bits per heavy atom. The zero-order chi connectivity index (χ0) is 22.9. The number of benzene rings is 2. The molecular formula is C23H17N5O5. The van der Waals surface area contributed by atoms with E-state index in [0.717, 1.165) is 11.3 Å². The summed E-state index contributed by atoms with van der Waals surface area (Å²) in [4.78, 5) is 37.5. The molecule has 0 unspecified atom stereocenters. The Morgan fingerprint density at radius 2 is 2.00 bits per heavy atom. The Balaban J connectivity index is 1.31. The molecule has 0 spiro atoms. The molecule has 0 fully saturated rings. The van der Waals surface area contributed by atoms with E-state index < -0.39 is 10.8 Å². The van der Waals surface area contributed by atoms with Gasteiger partial charge in [-0.05, 0) is 48.4 Å². The van der Waals surface area contributed by atoms with Crippen LogP contribution < -0.4 is 10.2 Å². The van der Waals surface area contributed by atoms with Crippen molar-refractivity contribution in [2.45, 2.75) is 6.42 Å². The van der Waals surface area contributed by atoms with Crippen LogP contribution in [0.1, 0.15) is 26.4 Å². The van der Waals surface area contributed by atoms with E-state index in [1.807, 2.05) is 6.07 Å². The Labute approximate surface area is 187 Å². The van der Waals surface area contributed by atoms with E-state index >= 15 is 0 Å². The van der Waals surface area contributed by atoms with Crippen LogP contribution >= 0.6 is 0 Å². The molecular weight excluding hydrogens is 426 g/mol. The summed E-state index contributed by atoms with van der Waals surface area (Å²) in [6, 6.07) is 14.5. The summed E-state index contributed by atoms with van der Waals surface area (Å²) >= 11 is 0. The Bertz CT molecular complexity index is 1380. The molecule has 33 heavy (non-hydrogen) atoms. The molecule has 2 aromatic carbocycles. The number of nitro groups is 1. The van der Waals surface area contributed by atoms with Crippen LogP contribution in [-0.2, 0) is 6.42 Å². The van der Waals surface area contributed by atoms with Crippen molar-refractivity contribution in [3.8, 4) is 5.69 Å². The molecule has 0 saturated carbocycles. The highest BCUT2D eigenvalue weighted by Crippen LogP contribution is 2.32. The minimum absolute atomic E-state index is 0.0626. The molecule has 4 aromatic rings. The number of nitrogens with one attached hydrogen (secondary N) is 1. The summed E-state index contributed by atoms with van der Waals surface area (Å²) in [7, 11) is 0. The van der Waals surface area contributed by atoms with Crippen LogP contribution in [0.3, 0.4) is 0 Å². The number of non-ortho nitro benzene ring substituents is 1. The number of carbonyl (C=O) groups is 2. The average Bonchev–Trinajstić information content (AvgIpc) is 3.59. The first kappa shape index (κ1) is 20.2. The van der Waals surface area contributed by atoms with Crippen molar-refractivity contribution in [3.63, 3.8) is 0 Å². The number of aromatic nitrogens is 2. The zero-order valence-corrected chi connectivity index (χ0v) is 17.2. The number of furan rings is 1. The maximum atomic E-state index is 12.7. The fraction of sp³-hybridized carbons (Fsp3) is 0.0870. The number of nitrogens with zero attached hydrogens (tertiary/aromatic N) is 4. The van der Waals surface area contributed by atoms with Gasteiger partial charge in [-0.2, -0.15) is 5.10 Å². The second-order valence-electron chi connectivity index (χ2n) is 7.44. The number of hydrogen-bond acceptors (Lipinski definition) is 6. The maximum Gasteiger partial charge on any atom is 0.276 e. The van der Waals surface area contributed by atoms with E-state index in [4.69, 9.17) is 4.42 Å². The summed E-state index contributed by atoms with van der Waals surface area (Å²) < 4.78 is 6.41. The van der Waals surface area contributed by atoms with E-state index in [9.17, 15) is 19.7 Å². The van der Waals surface area contributed by atoms with Crippen LogP contribution in [0.5, 0.6) is 0 Å². The van der Waals surface area contributed by atoms with Gasteiger partial charge in [0.25, 0.3) is 17.5 Å². The largest absolute Gasteiger partial charge is 0.472 e. The monoisotopic (exact) mass is 443 g/mol. The van der Waals surface area contributed by atoms with E-state index in [0.29, 0.717) is 29.9 Å². The number of amides is 2. The second kappa shape index (κ2) is 8.08. The molecule has 2 aromatic heterocycles. The van der Waals surface area contributed by atoms with E-state index in [1.165, 1.54) is 35.4 Å². The number of carbonyl (C=O) groups excluding carboxylic acids is 2. The SMILES string of the molecule is O=C(Nc1ccc2c(c1)CCN2C(=O)c1ccoc1)c1ccn(-c2cccc([N+](=O)[O-])c2)n1. The number of nitro benzene ring substituents is 1. The van der Waals surface area contributed by atoms with Gasteiger partial charge in [-0.25, -0.2) is 4.68 Å². The fourth-order valence-corrected chi connectivity index (χ4v) is 3.77. The third-order valence-electron chi connectivity index (χ3n) is 5.37. The van der Waals surface area contributed by atoms with Gasteiger partial charge in [0.1, 0.15) is 6.26 Å². The second-order valence-corrected chi connectivity index (χ2v) is 7.44. The van der Waals surface area contributed by atoms with Crippen molar-refractivity contribution in [1.29, 1.82) is 0 Å². The Morgan fingerprint density at radius 3 is 2.79 bits per heavy atom. The lowest BCUT2D eigenvalue weighted by atomic mass is 10.1. The molecule has 1 N–H and O–H groups in total.